The van der Waals surface area contributed by atoms with Gasteiger partial charge in [-0.15, -0.1) is 0 Å². The van der Waals surface area contributed by atoms with Crippen molar-refractivity contribution in [3.63, 3.8) is 0 Å². The molecule has 0 fully saturated rings. The first-order valence-electron chi connectivity index (χ1n) is 5.74. The molecule has 3 rings (SSSR count). The molecule has 19 heavy (non-hydrogen) atoms. The molecule has 0 aliphatic heterocycles. The zero-order valence-corrected chi connectivity index (χ0v) is 9.92. The van der Waals surface area contributed by atoms with Gasteiger partial charge in [-0.2, -0.15) is 5.26 Å². The van der Waals surface area contributed by atoms with Crippen LogP contribution in [0.15, 0.2) is 42.9 Å². The van der Waals surface area contributed by atoms with Gasteiger partial charge in [-0.25, -0.2) is 9.37 Å². The summed E-state index contributed by atoms with van der Waals surface area (Å²) in [5.74, 6) is -0.406. The van der Waals surface area contributed by atoms with Crippen LogP contribution < -0.4 is 0 Å². The molecule has 0 radical (unpaired) electrons. The Balaban J connectivity index is 2.33. The van der Waals surface area contributed by atoms with Gasteiger partial charge in [0.2, 0.25) is 0 Å². The van der Waals surface area contributed by atoms with Gasteiger partial charge < -0.3 is 0 Å². The van der Waals surface area contributed by atoms with Crippen molar-refractivity contribution in [2.75, 3.05) is 0 Å². The average molecular weight is 252 g/mol. The zero-order chi connectivity index (χ0) is 13.2. The van der Waals surface area contributed by atoms with Crippen LogP contribution in [0.1, 0.15) is 5.69 Å². The molecule has 0 saturated heterocycles. The van der Waals surface area contributed by atoms with Gasteiger partial charge >= 0.3 is 0 Å². The Morgan fingerprint density at radius 2 is 2.21 bits per heavy atom. The van der Waals surface area contributed by atoms with Crippen LogP contribution in [-0.2, 0) is 6.42 Å². The summed E-state index contributed by atoms with van der Waals surface area (Å²) in [7, 11) is 0. The minimum absolute atomic E-state index is 0.162. The van der Waals surface area contributed by atoms with Crippen molar-refractivity contribution in [1.82, 2.24) is 14.4 Å². The number of halogens is 1. The molecule has 0 unspecified atom stereocenters. The molecular formula is C14H9FN4. The van der Waals surface area contributed by atoms with E-state index in [0.29, 0.717) is 11.4 Å². The van der Waals surface area contributed by atoms with E-state index in [2.05, 4.69) is 16.0 Å². The molecule has 0 atom stereocenters. The van der Waals surface area contributed by atoms with Crippen LogP contribution in [0.4, 0.5) is 4.39 Å². The third kappa shape index (κ3) is 1.83. The first kappa shape index (κ1) is 11.4. The van der Waals surface area contributed by atoms with E-state index < -0.39 is 5.82 Å². The molecule has 0 bridgehead atoms. The predicted octanol–water partition coefficient (Wildman–Crippen LogP) is 2.60. The van der Waals surface area contributed by atoms with Crippen molar-refractivity contribution < 1.29 is 4.39 Å². The fourth-order valence-electron chi connectivity index (χ4n) is 2.06. The van der Waals surface area contributed by atoms with Gasteiger partial charge in [0.05, 0.1) is 23.9 Å². The number of aromatic nitrogens is 3. The largest absolute Gasteiger partial charge is 0.300 e. The molecule has 0 aliphatic rings. The highest BCUT2D eigenvalue weighted by Gasteiger charge is 2.15. The van der Waals surface area contributed by atoms with E-state index in [1.807, 2.05) is 6.07 Å². The molecule has 3 aromatic rings. The summed E-state index contributed by atoms with van der Waals surface area (Å²) in [6, 6.07) is 8.66. The topological polar surface area (TPSA) is 54.0 Å². The Bertz CT molecular complexity index is 771. The monoisotopic (exact) mass is 252 g/mol. The fraction of sp³-hybridized carbons (Fsp3) is 0.0714. The minimum atomic E-state index is -0.406. The van der Waals surface area contributed by atoms with E-state index in [4.69, 9.17) is 5.26 Å². The standard InChI is InChI=1S/C14H9FN4/c15-11-4-2-8-19-12(5-6-16)13(18-14(11)19)10-3-1-7-17-9-10/h1-4,7-9H,5H2. The van der Waals surface area contributed by atoms with Crippen LogP contribution in [0.2, 0.25) is 0 Å². The molecule has 0 aromatic carbocycles. The van der Waals surface area contributed by atoms with Crippen LogP contribution >= 0.6 is 0 Å². The summed E-state index contributed by atoms with van der Waals surface area (Å²) in [6.07, 6.45) is 5.18. The Morgan fingerprint density at radius 3 is 2.95 bits per heavy atom. The van der Waals surface area contributed by atoms with Crippen LogP contribution in [0.3, 0.4) is 0 Å². The summed E-state index contributed by atoms with van der Waals surface area (Å²) in [5, 5.41) is 8.94. The van der Waals surface area contributed by atoms with Crippen LogP contribution in [0.5, 0.6) is 0 Å². The number of pyridine rings is 2. The highest BCUT2D eigenvalue weighted by molar-refractivity contribution is 5.66. The van der Waals surface area contributed by atoms with Gasteiger partial charge in [0.25, 0.3) is 0 Å². The molecule has 0 spiro atoms. The second-order valence-corrected chi connectivity index (χ2v) is 4.03. The molecule has 0 aliphatic carbocycles. The highest BCUT2D eigenvalue weighted by Crippen LogP contribution is 2.25. The lowest BCUT2D eigenvalue weighted by molar-refractivity contribution is 0.629. The van der Waals surface area contributed by atoms with Gasteiger partial charge in [0, 0.05) is 24.2 Å². The maximum atomic E-state index is 13.8. The second kappa shape index (κ2) is 4.50. The lowest BCUT2D eigenvalue weighted by Gasteiger charge is -2.00. The lowest BCUT2D eigenvalue weighted by Crippen LogP contribution is -1.94. The number of hydrogen-bond acceptors (Lipinski definition) is 3. The zero-order valence-electron chi connectivity index (χ0n) is 9.92. The number of imidazole rings is 1. The number of nitrogens with zero attached hydrogens (tertiary/aromatic N) is 4. The molecule has 0 saturated carbocycles. The smallest absolute Gasteiger partial charge is 0.174 e. The number of rotatable bonds is 2. The third-order valence-corrected chi connectivity index (χ3v) is 2.88. The Morgan fingerprint density at radius 1 is 1.32 bits per heavy atom. The van der Waals surface area contributed by atoms with E-state index in [1.165, 1.54) is 6.07 Å². The second-order valence-electron chi connectivity index (χ2n) is 4.03. The van der Waals surface area contributed by atoms with E-state index >= 15 is 0 Å². The molecule has 0 amide bonds. The summed E-state index contributed by atoms with van der Waals surface area (Å²) < 4.78 is 15.4. The summed E-state index contributed by atoms with van der Waals surface area (Å²) in [5.41, 5.74) is 2.27. The van der Waals surface area contributed by atoms with E-state index in [9.17, 15) is 4.39 Å². The van der Waals surface area contributed by atoms with Crippen molar-refractivity contribution in [2.24, 2.45) is 0 Å². The lowest BCUT2D eigenvalue weighted by atomic mass is 10.1. The van der Waals surface area contributed by atoms with Crippen LogP contribution in [0.25, 0.3) is 16.9 Å². The molecular weight excluding hydrogens is 243 g/mol. The van der Waals surface area contributed by atoms with Gasteiger partial charge in [-0.05, 0) is 24.3 Å². The molecule has 0 N–H and O–H groups in total. The molecule has 92 valence electrons. The van der Waals surface area contributed by atoms with E-state index in [0.717, 1.165) is 5.56 Å². The number of hydrogen-bond donors (Lipinski definition) is 0. The Kier molecular flexibility index (Phi) is 2.69. The van der Waals surface area contributed by atoms with Gasteiger partial charge in [-0.1, -0.05) is 0 Å². The average Bonchev–Trinajstić information content (AvgIpc) is 2.81. The minimum Gasteiger partial charge on any atom is -0.300 e. The quantitative estimate of drug-likeness (QED) is 0.704. The van der Waals surface area contributed by atoms with Gasteiger partial charge in [0.15, 0.2) is 11.5 Å². The van der Waals surface area contributed by atoms with Crippen molar-refractivity contribution in [3.8, 4) is 17.3 Å². The first-order chi connectivity index (χ1) is 9.31. The maximum absolute atomic E-state index is 13.8. The molecule has 4 nitrogen and oxygen atoms in total. The van der Waals surface area contributed by atoms with Gasteiger partial charge in [0.1, 0.15) is 0 Å². The Labute approximate surface area is 108 Å². The molecule has 3 aromatic heterocycles. The van der Waals surface area contributed by atoms with Crippen LogP contribution in [0, 0.1) is 17.1 Å². The predicted molar refractivity (Wildman–Crippen MR) is 67.7 cm³/mol. The summed E-state index contributed by atoms with van der Waals surface area (Å²) in [4.78, 5) is 8.33. The van der Waals surface area contributed by atoms with Crippen molar-refractivity contribution in [3.05, 3.63) is 54.4 Å². The Hall–Kier alpha value is -2.74. The van der Waals surface area contributed by atoms with E-state index in [-0.39, 0.29) is 12.1 Å². The van der Waals surface area contributed by atoms with Gasteiger partial charge in [-0.3, -0.25) is 9.38 Å². The maximum Gasteiger partial charge on any atom is 0.174 e. The highest BCUT2D eigenvalue weighted by atomic mass is 19.1. The fourth-order valence-corrected chi connectivity index (χ4v) is 2.06. The SMILES string of the molecule is N#CCc1c(-c2cccnc2)nc2c(F)cccn12. The first-order valence-corrected chi connectivity index (χ1v) is 5.74. The normalized spacial score (nSPS) is 10.5. The van der Waals surface area contributed by atoms with Crippen LogP contribution in [-0.4, -0.2) is 14.4 Å². The number of fused-ring (bicyclic) bond motifs is 1. The molecule has 3 heterocycles. The third-order valence-electron chi connectivity index (χ3n) is 2.88. The number of nitriles is 1. The van der Waals surface area contributed by atoms with Crippen molar-refractivity contribution in [2.45, 2.75) is 6.42 Å². The van der Waals surface area contributed by atoms with E-state index in [1.54, 1.807) is 35.1 Å². The van der Waals surface area contributed by atoms with Crippen molar-refractivity contribution >= 4 is 5.65 Å². The van der Waals surface area contributed by atoms with Crippen molar-refractivity contribution in [1.29, 1.82) is 5.26 Å². The summed E-state index contributed by atoms with van der Waals surface area (Å²) in [6.45, 7) is 0. The summed E-state index contributed by atoms with van der Waals surface area (Å²) >= 11 is 0. The molecule has 5 heteroatoms.